The van der Waals surface area contributed by atoms with Gasteiger partial charge in [0.05, 0.1) is 16.1 Å². The van der Waals surface area contributed by atoms with Crippen LogP contribution >= 0.6 is 11.6 Å². The predicted molar refractivity (Wildman–Crippen MR) is 101 cm³/mol. The number of nitriles is 1. The standard InChI is InChI=1S/C21H17ClN2O2/c1-25-21(24)20(22,13-23)18(15-8-3-2-4-9-15)17-12-11-14-7-5-6-10-16(14)19(17)26-21/h2-12,18H,24H2,1H3/i1D3/hD. The summed E-state index contributed by atoms with van der Waals surface area (Å²) in [5, 5.41) is 11.7. The number of nitrogens with two attached hydrogens (primary N) is 1. The lowest BCUT2D eigenvalue weighted by atomic mass is 9.76. The van der Waals surface area contributed by atoms with Gasteiger partial charge in [0.25, 0.3) is 0 Å². The average Bonchev–Trinajstić information content (AvgIpc) is 2.73. The van der Waals surface area contributed by atoms with Crippen LogP contribution in [0.2, 0.25) is 1.41 Å². The number of benzene rings is 3. The van der Waals surface area contributed by atoms with Crippen molar-refractivity contribution in [1.29, 1.82) is 5.26 Å². The van der Waals surface area contributed by atoms with Crippen molar-refractivity contribution in [3.05, 3.63) is 77.9 Å². The normalized spacial score (nSPS) is 30.1. The molecule has 0 spiro atoms. The minimum Gasteiger partial charge on any atom is -0.445 e. The van der Waals surface area contributed by atoms with Gasteiger partial charge in [-0.1, -0.05) is 78.3 Å². The molecule has 0 bridgehead atoms. The molecular formula is C21H17ClN2O2. The summed E-state index contributed by atoms with van der Waals surface area (Å²) in [6.45, 7) is 0. The lowest BCUT2D eigenvalue weighted by molar-refractivity contribution is -0.184. The van der Waals surface area contributed by atoms with E-state index in [1.807, 2.05) is 48.2 Å². The van der Waals surface area contributed by atoms with Gasteiger partial charge in [-0.3, -0.25) is 5.73 Å². The zero-order valence-corrected chi connectivity index (χ0v) is 14.3. The van der Waals surface area contributed by atoms with Crippen LogP contribution in [0, 0.1) is 11.3 Å². The molecule has 0 fully saturated rings. The van der Waals surface area contributed by atoms with Crippen molar-refractivity contribution in [2.45, 2.75) is 16.7 Å². The Balaban J connectivity index is 2.08. The Labute approximate surface area is 162 Å². The number of alkyl halides is 1. The Morgan fingerprint density at radius 3 is 2.69 bits per heavy atom. The zero-order valence-electron chi connectivity index (χ0n) is 17.6. The van der Waals surface area contributed by atoms with Gasteiger partial charge >= 0.3 is 5.91 Å². The van der Waals surface area contributed by atoms with Crippen molar-refractivity contribution in [1.82, 2.24) is 0 Å². The lowest BCUT2D eigenvalue weighted by Gasteiger charge is -2.47. The molecule has 3 atom stereocenters. The van der Waals surface area contributed by atoms with Gasteiger partial charge in [0, 0.05) is 18.0 Å². The Hall–Kier alpha value is -2.58. The van der Waals surface area contributed by atoms with E-state index < -0.39 is 23.7 Å². The smallest absolute Gasteiger partial charge is 0.302 e. The summed E-state index contributed by atoms with van der Waals surface area (Å²) in [6, 6.07) is 22.0. The Bertz CT molecular complexity index is 1140. The molecule has 0 amide bonds. The summed E-state index contributed by atoms with van der Waals surface area (Å²) in [6.07, 6.45) is 0. The molecule has 4 rings (SSSR count). The van der Waals surface area contributed by atoms with Crippen molar-refractivity contribution < 1.29 is 15.0 Å². The highest BCUT2D eigenvalue weighted by Gasteiger charge is 2.61. The minimum absolute atomic E-state index is 0.303. The first-order valence-corrected chi connectivity index (χ1v) is 8.37. The van der Waals surface area contributed by atoms with Crippen LogP contribution in [0.4, 0.5) is 0 Å². The summed E-state index contributed by atoms with van der Waals surface area (Å²) in [7, 11) is -2.99. The zero-order chi connectivity index (χ0) is 21.6. The van der Waals surface area contributed by atoms with Crippen molar-refractivity contribution in [3.63, 3.8) is 0 Å². The topological polar surface area (TPSA) is 68.3 Å². The van der Waals surface area contributed by atoms with E-state index >= 15 is 0 Å². The van der Waals surface area contributed by atoms with Crippen LogP contribution in [-0.2, 0) is 4.74 Å². The molecule has 1 aliphatic rings. The lowest BCUT2D eigenvalue weighted by Crippen LogP contribution is -2.66. The van der Waals surface area contributed by atoms with Gasteiger partial charge in [0.15, 0.2) is 0 Å². The molecule has 26 heavy (non-hydrogen) atoms. The quantitative estimate of drug-likeness (QED) is 0.557. The van der Waals surface area contributed by atoms with E-state index in [0.717, 1.165) is 5.39 Å². The van der Waals surface area contributed by atoms with E-state index in [0.29, 0.717) is 22.3 Å². The first-order valence-electron chi connectivity index (χ1n) is 9.99. The number of halogens is 1. The van der Waals surface area contributed by atoms with Crippen molar-refractivity contribution in [2.75, 3.05) is 7.04 Å². The van der Waals surface area contributed by atoms with Crippen molar-refractivity contribution >= 4 is 22.4 Å². The Kier molecular flexibility index (Phi) is 2.93. The maximum absolute atomic E-state index is 10.1. The van der Waals surface area contributed by atoms with Crippen LogP contribution in [0.3, 0.4) is 0 Å². The number of hydrogen-bond acceptors (Lipinski definition) is 4. The van der Waals surface area contributed by atoms with E-state index in [1.54, 1.807) is 30.3 Å². The van der Waals surface area contributed by atoms with E-state index in [9.17, 15) is 5.26 Å². The van der Waals surface area contributed by atoms with Crippen LogP contribution in [-0.4, -0.2) is 17.8 Å². The first kappa shape index (κ1) is 12.7. The Morgan fingerprint density at radius 2 is 1.96 bits per heavy atom. The number of ether oxygens (including phenoxy) is 2. The van der Waals surface area contributed by atoms with Crippen molar-refractivity contribution in [3.8, 4) is 11.8 Å². The van der Waals surface area contributed by atoms with Crippen LogP contribution < -0.4 is 10.5 Å². The van der Waals surface area contributed by atoms with Crippen LogP contribution in [0.5, 0.6) is 5.75 Å². The van der Waals surface area contributed by atoms with E-state index in [2.05, 4.69) is 0 Å². The van der Waals surface area contributed by atoms with Gasteiger partial charge in [-0.2, -0.15) is 5.26 Å². The van der Waals surface area contributed by atoms with Gasteiger partial charge in [-0.25, -0.2) is 0 Å². The third-order valence-electron chi connectivity index (χ3n) is 4.78. The number of methoxy groups -OCH3 is 1. The molecule has 1 heterocycles. The predicted octanol–water partition coefficient (Wildman–Crippen LogP) is 4.12. The molecule has 1 aliphatic heterocycles. The fourth-order valence-corrected chi connectivity index (χ4v) is 3.83. The second-order valence-corrected chi connectivity index (χ2v) is 6.79. The molecule has 2 N–H and O–H groups in total. The van der Waals surface area contributed by atoms with Gasteiger partial charge < -0.3 is 9.47 Å². The molecule has 4 nitrogen and oxygen atoms in total. The fraction of sp³-hybridized carbons (Fsp3) is 0.190. The first-order chi connectivity index (χ1) is 14.2. The van der Waals surface area contributed by atoms with E-state index in [4.69, 9.17) is 26.6 Å². The summed E-state index contributed by atoms with van der Waals surface area (Å²) >= 11 is 6.82. The molecule has 0 aromatic heterocycles. The van der Waals surface area contributed by atoms with Crippen molar-refractivity contribution in [2.24, 2.45) is 5.73 Å². The number of hydrogen-bond donors (Lipinski definition) is 1. The third kappa shape index (κ3) is 2.22. The van der Waals surface area contributed by atoms with Crippen LogP contribution in [0.15, 0.2) is 66.7 Å². The molecule has 3 aromatic rings. The molecule has 5 heteroatoms. The summed E-state index contributed by atoms with van der Waals surface area (Å²) in [5.41, 5.74) is 3.26. The van der Waals surface area contributed by atoms with Crippen LogP contribution in [0.1, 0.15) is 21.2 Å². The highest BCUT2D eigenvalue weighted by molar-refractivity contribution is 6.27. The van der Waals surface area contributed by atoms with Crippen LogP contribution in [0.25, 0.3) is 10.8 Å². The number of rotatable bonds is 3. The SMILES string of the molecule is [2H]NC1(OC([2H])([2H])[2H])Oc2c(ccc3ccccc23)C(c2ccccc2)C1(Cl)C#N. The molecule has 3 unspecified atom stereocenters. The number of nitrogens with zero attached hydrogens (tertiary/aromatic N) is 1. The largest absolute Gasteiger partial charge is 0.445 e. The second-order valence-electron chi connectivity index (χ2n) is 6.19. The van der Waals surface area contributed by atoms with Gasteiger partial charge in [0.1, 0.15) is 7.16 Å². The van der Waals surface area contributed by atoms with E-state index in [-0.39, 0.29) is 0 Å². The molecular weight excluding hydrogens is 348 g/mol. The summed E-state index contributed by atoms with van der Waals surface area (Å²) in [4.78, 5) is -2.11. The average molecular weight is 369 g/mol. The molecule has 0 aliphatic carbocycles. The summed E-state index contributed by atoms with van der Waals surface area (Å²) < 4.78 is 41.9. The maximum atomic E-state index is 10.1. The molecule has 3 aromatic carbocycles. The molecule has 0 saturated carbocycles. The molecule has 0 radical (unpaired) electrons. The minimum atomic E-state index is -2.99. The highest BCUT2D eigenvalue weighted by Crippen LogP contribution is 2.54. The highest BCUT2D eigenvalue weighted by atomic mass is 35.5. The molecule has 0 saturated heterocycles. The number of fused-ring (bicyclic) bond motifs is 3. The summed E-state index contributed by atoms with van der Waals surface area (Å²) in [5.74, 6) is -3.01. The monoisotopic (exact) mass is 368 g/mol. The van der Waals surface area contributed by atoms with Gasteiger partial charge in [-0.05, 0) is 10.9 Å². The van der Waals surface area contributed by atoms with Gasteiger partial charge in [0.2, 0.25) is 4.87 Å². The third-order valence-corrected chi connectivity index (χ3v) is 5.33. The van der Waals surface area contributed by atoms with Gasteiger partial charge in [-0.15, -0.1) is 0 Å². The molecule has 130 valence electrons. The fourth-order valence-electron chi connectivity index (χ4n) is 3.51. The van der Waals surface area contributed by atoms with E-state index in [1.165, 1.54) is 0 Å². The second kappa shape index (κ2) is 6.00. The maximum Gasteiger partial charge on any atom is 0.302 e. The Morgan fingerprint density at radius 1 is 1.19 bits per heavy atom.